The van der Waals surface area contributed by atoms with Crippen molar-refractivity contribution < 1.29 is 9.53 Å². The van der Waals surface area contributed by atoms with Crippen molar-refractivity contribution in [2.75, 3.05) is 26.3 Å². The van der Waals surface area contributed by atoms with Gasteiger partial charge in [0.05, 0.1) is 17.7 Å². The molecule has 0 saturated carbocycles. The number of hydrogen-bond donors (Lipinski definition) is 0. The number of ether oxygens (including phenoxy) is 1. The van der Waals surface area contributed by atoms with Gasteiger partial charge in [0.25, 0.3) is 11.5 Å². The van der Waals surface area contributed by atoms with E-state index in [1.54, 1.807) is 4.90 Å². The molecule has 0 bridgehead atoms. The van der Waals surface area contributed by atoms with Crippen molar-refractivity contribution in [1.29, 1.82) is 5.26 Å². The standard InChI is InChI=1S/C21H23N3O3S/c1-4-24-20(26)18(12-16-6-5-14(2)11-15(16)3)28-21(24)17(13-22)19(25)23-7-9-27-10-8-23/h5-6,11-12H,4,7-10H2,1-3H3/b18-12-,21-17-. The number of aromatic nitrogens is 1. The quantitative estimate of drug-likeness (QED) is 0.772. The molecule has 0 unspecified atom stereocenters. The van der Waals surface area contributed by atoms with Gasteiger partial charge in [0.15, 0.2) is 5.57 Å². The van der Waals surface area contributed by atoms with Gasteiger partial charge in [-0.1, -0.05) is 23.8 Å². The normalized spacial score (nSPS) is 16.1. The maximum atomic E-state index is 12.9. The van der Waals surface area contributed by atoms with Crippen LogP contribution in [0, 0.1) is 25.2 Å². The summed E-state index contributed by atoms with van der Waals surface area (Å²) < 4.78 is 7.73. The highest BCUT2D eigenvalue weighted by molar-refractivity contribution is 7.07. The highest BCUT2D eigenvalue weighted by Crippen LogP contribution is 2.11. The Bertz CT molecular complexity index is 1120. The number of hydrogen-bond acceptors (Lipinski definition) is 5. The topological polar surface area (TPSA) is 75.3 Å². The van der Waals surface area contributed by atoms with Gasteiger partial charge in [0.2, 0.25) is 0 Å². The van der Waals surface area contributed by atoms with Crippen LogP contribution in [-0.4, -0.2) is 41.7 Å². The first-order chi connectivity index (χ1) is 13.5. The second kappa shape index (κ2) is 8.55. The van der Waals surface area contributed by atoms with E-state index in [-0.39, 0.29) is 17.0 Å². The number of carbonyl (C=O) groups excluding carboxylic acids is 1. The second-order valence-electron chi connectivity index (χ2n) is 6.72. The summed E-state index contributed by atoms with van der Waals surface area (Å²) in [5, 5.41) is 9.68. The number of amides is 1. The van der Waals surface area contributed by atoms with Gasteiger partial charge in [-0.05, 0) is 38.0 Å². The molecule has 1 saturated heterocycles. The van der Waals surface area contributed by atoms with Crippen molar-refractivity contribution in [3.05, 3.63) is 54.4 Å². The zero-order chi connectivity index (χ0) is 20.3. The summed E-state index contributed by atoms with van der Waals surface area (Å²) in [6, 6.07) is 8.08. The number of thiazole rings is 1. The lowest BCUT2D eigenvalue weighted by atomic mass is 10.1. The molecule has 1 fully saturated rings. The zero-order valence-electron chi connectivity index (χ0n) is 16.3. The molecule has 0 spiro atoms. The Balaban J connectivity index is 2.18. The lowest BCUT2D eigenvalue weighted by Crippen LogP contribution is -2.42. The first-order valence-electron chi connectivity index (χ1n) is 9.26. The molecule has 1 aliphatic rings. The highest BCUT2D eigenvalue weighted by Gasteiger charge is 2.23. The molecule has 1 aromatic carbocycles. The van der Waals surface area contributed by atoms with Crippen molar-refractivity contribution in [3.8, 4) is 6.07 Å². The van der Waals surface area contributed by atoms with E-state index in [1.165, 1.54) is 15.9 Å². The van der Waals surface area contributed by atoms with E-state index < -0.39 is 0 Å². The van der Waals surface area contributed by atoms with Gasteiger partial charge in [-0.25, -0.2) is 0 Å². The van der Waals surface area contributed by atoms with Crippen LogP contribution in [0.2, 0.25) is 0 Å². The lowest BCUT2D eigenvalue weighted by molar-refractivity contribution is -0.128. The van der Waals surface area contributed by atoms with Gasteiger partial charge in [0.1, 0.15) is 10.7 Å². The molecule has 0 aliphatic carbocycles. The van der Waals surface area contributed by atoms with Crippen LogP contribution in [0.4, 0.5) is 0 Å². The summed E-state index contributed by atoms with van der Waals surface area (Å²) in [6.07, 6.45) is 1.84. The van der Waals surface area contributed by atoms with Crippen LogP contribution in [0.3, 0.4) is 0 Å². The van der Waals surface area contributed by atoms with E-state index in [2.05, 4.69) is 6.07 Å². The number of nitrogens with zero attached hydrogens (tertiary/aromatic N) is 3. The largest absolute Gasteiger partial charge is 0.378 e. The molecular weight excluding hydrogens is 374 g/mol. The van der Waals surface area contributed by atoms with Gasteiger partial charge in [0, 0.05) is 19.6 Å². The van der Waals surface area contributed by atoms with E-state index >= 15 is 0 Å². The van der Waals surface area contributed by atoms with Crippen molar-refractivity contribution in [2.24, 2.45) is 0 Å². The van der Waals surface area contributed by atoms with E-state index in [1.807, 2.05) is 45.0 Å². The minimum atomic E-state index is -0.340. The lowest BCUT2D eigenvalue weighted by Gasteiger charge is -2.26. The van der Waals surface area contributed by atoms with Gasteiger partial charge in [-0.15, -0.1) is 11.3 Å². The fraction of sp³-hybridized carbons (Fsp3) is 0.381. The molecule has 146 valence electrons. The van der Waals surface area contributed by atoms with Crippen LogP contribution in [-0.2, 0) is 16.1 Å². The second-order valence-corrected chi connectivity index (χ2v) is 7.75. The van der Waals surface area contributed by atoms with Gasteiger partial charge < -0.3 is 9.64 Å². The molecule has 0 radical (unpaired) electrons. The monoisotopic (exact) mass is 397 g/mol. The van der Waals surface area contributed by atoms with Crippen molar-refractivity contribution in [2.45, 2.75) is 27.3 Å². The van der Waals surface area contributed by atoms with Crippen molar-refractivity contribution >= 4 is 28.9 Å². The van der Waals surface area contributed by atoms with Crippen molar-refractivity contribution in [3.63, 3.8) is 0 Å². The predicted octanol–water partition coefficient (Wildman–Crippen LogP) is 0.908. The summed E-state index contributed by atoms with van der Waals surface area (Å²) in [5.74, 6) is -0.340. The zero-order valence-corrected chi connectivity index (χ0v) is 17.1. The summed E-state index contributed by atoms with van der Waals surface area (Å²) in [6.45, 7) is 8.08. The first kappa shape index (κ1) is 20.1. The first-order valence-corrected chi connectivity index (χ1v) is 10.1. The number of aryl methyl sites for hydroxylation is 2. The van der Waals surface area contributed by atoms with Gasteiger partial charge >= 0.3 is 0 Å². The summed E-state index contributed by atoms with van der Waals surface area (Å²) in [7, 11) is 0. The van der Waals surface area contributed by atoms with Crippen LogP contribution in [0.5, 0.6) is 0 Å². The van der Waals surface area contributed by atoms with Crippen LogP contribution in [0.25, 0.3) is 11.6 Å². The molecule has 2 aromatic rings. The van der Waals surface area contributed by atoms with E-state index in [9.17, 15) is 14.9 Å². The Hall–Kier alpha value is -2.69. The van der Waals surface area contributed by atoms with Gasteiger partial charge in [-0.2, -0.15) is 5.26 Å². The minimum Gasteiger partial charge on any atom is -0.378 e. The molecule has 7 heteroatoms. The van der Waals surface area contributed by atoms with Crippen LogP contribution in [0.15, 0.2) is 23.0 Å². The Labute approximate surface area is 167 Å². The SMILES string of the molecule is CCn1c(=O)/c(=C/c2ccc(C)cc2C)s/c1=C(/C#N)C(=O)N1CCOCC1. The average Bonchev–Trinajstić information content (AvgIpc) is 3.00. The van der Waals surface area contributed by atoms with Crippen LogP contribution < -0.4 is 14.8 Å². The molecule has 2 heterocycles. The molecule has 1 aliphatic heterocycles. The average molecular weight is 398 g/mol. The Morgan fingerprint density at radius 1 is 1.32 bits per heavy atom. The van der Waals surface area contributed by atoms with Crippen LogP contribution >= 0.6 is 11.3 Å². The fourth-order valence-electron chi connectivity index (χ4n) is 3.23. The molecule has 6 nitrogen and oxygen atoms in total. The maximum Gasteiger partial charge on any atom is 0.269 e. The third-order valence-electron chi connectivity index (χ3n) is 4.77. The van der Waals surface area contributed by atoms with E-state index in [4.69, 9.17) is 4.74 Å². The molecule has 1 amide bonds. The fourth-order valence-corrected chi connectivity index (χ4v) is 4.38. The Kier molecular flexibility index (Phi) is 6.12. The number of rotatable bonds is 3. The number of morpholine rings is 1. The number of nitriles is 1. The molecule has 28 heavy (non-hydrogen) atoms. The summed E-state index contributed by atoms with van der Waals surface area (Å²) >= 11 is 1.20. The third-order valence-corrected chi connectivity index (χ3v) is 5.90. The smallest absolute Gasteiger partial charge is 0.269 e. The van der Waals surface area contributed by atoms with Crippen molar-refractivity contribution in [1.82, 2.24) is 9.47 Å². The van der Waals surface area contributed by atoms with Crippen LogP contribution in [0.1, 0.15) is 23.6 Å². The molecule has 3 rings (SSSR count). The van der Waals surface area contributed by atoms with Gasteiger partial charge in [-0.3, -0.25) is 14.2 Å². The molecule has 1 aromatic heterocycles. The molecule has 0 atom stereocenters. The summed E-state index contributed by atoms with van der Waals surface area (Å²) in [4.78, 5) is 27.4. The third kappa shape index (κ3) is 3.93. The number of carbonyl (C=O) groups is 1. The summed E-state index contributed by atoms with van der Waals surface area (Å²) in [5.41, 5.74) is 3.03. The van der Waals surface area contributed by atoms with E-state index in [0.29, 0.717) is 42.0 Å². The Morgan fingerprint density at radius 3 is 2.64 bits per heavy atom. The Morgan fingerprint density at radius 2 is 2.04 bits per heavy atom. The minimum absolute atomic E-state index is 0.0196. The predicted molar refractivity (Wildman–Crippen MR) is 109 cm³/mol. The number of benzene rings is 1. The molecular formula is C21H23N3O3S. The maximum absolute atomic E-state index is 12.9. The van der Waals surface area contributed by atoms with E-state index in [0.717, 1.165) is 16.7 Å². The highest BCUT2D eigenvalue weighted by atomic mass is 32.1. The molecule has 0 N–H and O–H groups in total.